The first-order valence-corrected chi connectivity index (χ1v) is 9.94. The molecular formula is C23H20N4OS. The van der Waals surface area contributed by atoms with E-state index in [2.05, 4.69) is 63.3 Å². The minimum Gasteiger partial charge on any atom is -0.497 e. The molecule has 0 aliphatic carbocycles. The second-order valence-electron chi connectivity index (χ2n) is 6.91. The Balaban J connectivity index is 1.53. The Hall–Kier alpha value is -3.38. The molecule has 5 nitrogen and oxygen atoms in total. The molecule has 0 fully saturated rings. The standard InChI is InChI=1S/C23H20N4OS/c1-28-17-12-10-16(11-13-17)27-22(24-25-23(27)29)14-15-26-20-8-4-2-6-18(20)19-7-3-5-9-21(19)26/h2-13H,14-15H2,1H3,(H,25,29). The summed E-state index contributed by atoms with van der Waals surface area (Å²) in [4.78, 5) is 0. The zero-order chi connectivity index (χ0) is 19.8. The van der Waals surface area contributed by atoms with E-state index in [0.29, 0.717) is 4.77 Å². The topological polar surface area (TPSA) is 47.8 Å². The Morgan fingerprint density at radius 2 is 1.52 bits per heavy atom. The van der Waals surface area contributed by atoms with Crippen LogP contribution in [0.3, 0.4) is 0 Å². The number of methoxy groups -OCH3 is 1. The molecule has 1 N–H and O–H groups in total. The number of aromatic nitrogens is 4. The Morgan fingerprint density at radius 1 is 0.897 bits per heavy atom. The Kier molecular flexibility index (Phi) is 4.41. The summed E-state index contributed by atoms with van der Waals surface area (Å²) in [5.41, 5.74) is 3.44. The maximum atomic E-state index is 5.49. The Morgan fingerprint density at radius 3 is 2.14 bits per heavy atom. The molecule has 6 heteroatoms. The first kappa shape index (κ1) is 17.7. The molecule has 5 aromatic rings. The second kappa shape index (κ2) is 7.22. The number of aryl methyl sites for hydroxylation is 2. The molecule has 0 spiro atoms. The van der Waals surface area contributed by atoms with Crippen molar-refractivity contribution >= 4 is 34.0 Å². The van der Waals surface area contributed by atoms with Gasteiger partial charge in [-0.05, 0) is 48.6 Å². The summed E-state index contributed by atoms with van der Waals surface area (Å²) in [5, 5.41) is 9.99. The fourth-order valence-corrected chi connectivity index (χ4v) is 4.21. The molecule has 3 aromatic carbocycles. The van der Waals surface area contributed by atoms with Gasteiger partial charge in [0.1, 0.15) is 11.6 Å². The molecule has 0 radical (unpaired) electrons. The van der Waals surface area contributed by atoms with E-state index in [1.807, 2.05) is 28.8 Å². The van der Waals surface area contributed by atoms with E-state index in [1.54, 1.807) is 7.11 Å². The van der Waals surface area contributed by atoms with Crippen molar-refractivity contribution in [2.24, 2.45) is 0 Å². The van der Waals surface area contributed by atoms with E-state index >= 15 is 0 Å². The van der Waals surface area contributed by atoms with Gasteiger partial charge in [-0.25, -0.2) is 0 Å². The summed E-state index contributed by atoms with van der Waals surface area (Å²) in [5.74, 6) is 1.72. The van der Waals surface area contributed by atoms with E-state index in [4.69, 9.17) is 17.0 Å². The van der Waals surface area contributed by atoms with E-state index in [0.717, 1.165) is 30.2 Å². The maximum Gasteiger partial charge on any atom is 0.199 e. The van der Waals surface area contributed by atoms with Crippen molar-refractivity contribution in [1.82, 2.24) is 19.3 Å². The molecule has 0 amide bonds. The average Bonchev–Trinajstić information content (AvgIpc) is 3.30. The molecule has 0 unspecified atom stereocenters. The van der Waals surface area contributed by atoms with Gasteiger partial charge in [0, 0.05) is 40.5 Å². The molecule has 0 saturated carbocycles. The zero-order valence-electron chi connectivity index (χ0n) is 16.0. The number of nitrogens with one attached hydrogen (secondary N) is 1. The summed E-state index contributed by atoms with van der Waals surface area (Å²) in [6, 6.07) is 24.9. The van der Waals surface area contributed by atoms with Crippen LogP contribution in [0.25, 0.3) is 27.5 Å². The molecule has 0 bridgehead atoms. The highest BCUT2D eigenvalue weighted by atomic mass is 32.1. The number of hydrogen-bond donors (Lipinski definition) is 1. The number of hydrogen-bond acceptors (Lipinski definition) is 3. The predicted octanol–water partition coefficient (Wildman–Crippen LogP) is 5.29. The van der Waals surface area contributed by atoms with Gasteiger partial charge >= 0.3 is 0 Å². The number of rotatable bonds is 5. The van der Waals surface area contributed by atoms with E-state index < -0.39 is 0 Å². The van der Waals surface area contributed by atoms with Crippen LogP contribution < -0.4 is 4.74 Å². The molecule has 0 atom stereocenters. The summed E-state index contributed by atoms with van der Waals surface area (Å²) in [6.45, 7) is 0.809. The lowest BCUT2D eigenvalue weighted by Gasteiger charge is -2.10. The number of H-pyrrole nitrogens is 1. The number of benzene rings is 3. The number of ether oxygens (including phenoxy) is 1. The molecule has 0 aliphatic rings. The van der Waals surface area contributed by atoms with Crippen molar-refractivity contribution in [2.75, 3.05) is 7.11 Å². The fraction of sp³-hybridized carbons (Fsp3) is 0.130. The van der Waals surface area contributed by atoms with Crippen LogP contribution in [0.2, 0.25) is 0 Å². The van der Waals surface area contributed by atoms with Gasteiger partial charge in [0.05, 0.1) is 7.11 Å². The van der Waals surface area contributed by atoms with Crippen LogP contribution in [-0.4, -0.2) is 26.4 Å². The quantitative estimate of drug-likeness (QED) is 0.408. The average molecular weight is 401 g/mol. The van der Waals surface area contributed by atoms with Crippen molar-refractivity contribution in [1.29, 1.82) is 0 Å². The smallest absolute Gasteiger partial charge is 0.199 e. The third-order valence-electron chi connectivity index (χ3n) is 5.31. The van der Waals surface area contributed by atoms with Gasteiger partial charge in [-0.2, -0.15) is 5.10 Å². The number of nitrogens with zero attached hydrogens (tertiary/aromatic N) is 3. The minimum atomic E-state index is 0.590. The molecule has 2 aromatic heterocycles. The third-order valence-corrected chi connectivity index (χ3v) is 5.59. The molecule has 0 saturated heterocycles. The fourth-order valence-electron chi connectivity index (χ4n) is 3.95. The van der Waals surface area contributed by atoms with Gasteiger partial charge in [0.2, 0.25) is 0 Å². The van der Waals surface area contributed by atoms with Crippen LogP contribution in [0.5, 0.6) is 5.75 Å². The lowest BCUT2D eigenvalue weighted by molar-refractivity contribution is 0.414. The van der Waals surface area contributed by atoms with Crippen molar-refractivity contribution in [3.8, 4) is 11.4 Å². The molecule has 29 heavy (non-hydrogen) atoms. The first-order valence-electron chi connectivity index (χ1n) is 9.53. The third kappa shape index (κ3) is 3.02. The van der Waals surface area contributed by atoms with E-state index in [-0.39, 0.29) is 0 Å². The number of aromatic amines is 1. The highest BCUT2D eigenvalue weighted by molar-refractivity contribution is 7.71. The van der Waals surface area contributed by atoms with Gasteiger partial charge in [0.25, 0.3) is 0 Å². The largest absolute Gasteiger partial charge is 0.497 e. The molecule has 2 heterocycles. The van der Waals surface area contributed by atoms with Crippen molar-refractivity contribution in [3.05, 3.63) is 83.4 Å². The molecular weight excluding hydrogens is 380 g/mol. The SMILES string of the molecule is COc1ccc(-n2c(CCn3c4ccccc4c4ccccc43)n[nH]c2=S)cc1. The zero-order valence-corrected chi connectivity index (χ0v) is 16.8. The minimum absolute atomic E-state index is 0.590. The van der Waals surface area contributed by atoms with Crippen LogP contribution in [-0.2, 0) is 13.0 Å². The maximum absolute atomic E-state index is 5.49. The van der Waals surface area contributed by atoms with E-state index in [9.17, 15) is 0 Å². The lowest BCUT2D eigenvalue weighted by Crippen LogP contribution is -2.07. The van der Waals surface area contributed by atoms with Gasteiger partial charge in [-0.15, -0.1) is 0 Å². The predicted molar refractivity (Wildman–Crippen MR) is 118 cm³/mol. The first-order chi connectivity index (χ1) is 14.3. The van der Waals surface area contributed by atoms with Crippen LogP contribution >= 0.6 is 12.2 Å². The van der Waals surface area contributed by atoms with Crippen LogP contribution in [0.4, 0.5) is 0 Å². The van der Waals surface area contributed by atoms with Crippen molar-refractivity contribution in [3.63, 3.8) is 0 Å². The Labute approximate surface area is 173 Å². The highest BCUT2D eigenvalue weighted by Gasteiger charge is 2.13. The second-order valence-corrected chi connectivity index (χ2v) is 7.30. The molecule has 144 valence electrons. The molecule has 5 rings (SSSR count). The van der Waals surface area contributed by atoms with Crippen LogP contribution in [0.1, 0.15) is 5.82 Å². The van der Waals surface area contributed by atoms with Crippen molar-refractivity contribution < 1.29 is 4.74 Å². The van der Waals surface area contributed by atoms with Gasteiger partial charge in [0.15, 0.2) is 4.77 Å². The summed E-state index contributed by atoms with van der Waals surface area (Å²) in [6.07, 6.45) is 0.752. The summed E-state index contributed by atoms with van der Waals surface area (Å²) < 4.78 is 10.2. The highest BCUT2D eigenvalue weighted by Crippen LogP contribution is 2.29. The van der Waals surface area contributed by atoms with Gasteiger partial charge in [-0.1, -0.05) is 36.4 Å². The van der Waals surface area contributed by atoms with Crippen molar-refractivity contribution in [2.45, 2.75) is 13.0 Å². The summed E-state index contributed by atoms with van der Waals surface area (Å²) >= 11 is 5.49. The lowest BCUT2D eigenvalue weighted by atomic mass is 10.2. The van der Waals surface area contributed by atoms with Crippen LogP contribution in [0.15, 0.2) is 72.8 Å². The van der Waals surface area contributed by atoms with Crippen LogP contribution in [0, 0.1) is 4.77 Å². The Bertz CT molecular complexity index is 1310. The van der Waals surface area contributed by atoms with Gasteiger partial charge < -0.3 is 9.30 Å². The molecule has 0 aliphatic heterocycles. The monoisotopic (exact) mass is 400 g/mol. The number of para-hydroxylation sites is 2. The van der Waals surface area contributed by atoms with Gasteiger partial charge in [-0.3, -0.25) is 9.67 Å². The normalized spacial score (nSPS) is 11.3. The number of fused-ring (bicyclic) bond motifs is 3. The van der Waals surface area contributed by atoms with E-state index in [1.165, 1.54) is 21.8 Å². The summed E-state index contributed by atoms with van der Waals surface area (Å²) in [7, 11) is 1.66.